The molecule has 0 saturated heterocycles. The lowest BCUT2D eigenvalue weighted by atomic mass is 10.3. The number of nitrogens with zero attached hydrogens (tertiary/aromatic N) is 3. The molecule has 1 amide bonds. The van der Waals surface area contributed by atoms with E-state index in [0.717, 1.165) is 6.07 Å². The van der Waals surface area contributed by atoms with E-state index in [1.165, 1.54) is 35.0 Å². The van der Waals surface area contributed by atoms with Crippen molar-refractivity contribution >= 4 is 40.6 Å². The molecule has 0 spiro atoms. The Morgan fingerprint density at radius 2 is 2.14 bits per heavy atom. The minimum atomic E-state index is -0.833. The van der Waals surface area contributed by atoms with Gasteiger partial charge in [0.2, 0.25) is 5.88 Å². The number of benzene rings is 1. The molecule has 0 unspecified atom stereocenters. The number of nitrogens with one attached hydrogen (secondary N) is 1. The Bertz CT molecular complexity index is 868. The average Bonchev–Trinajstić information content (AvgIpc) is 2.80. The molecule has 1 N–H and O–H groups in total. The van der Waals surface area contributed by atoms with Crippen LogP contribution in [0.25, 0.3) is 5.65 Å². The Morgan fingerprint density at radius 1 is 1.32 bits per heavy atom. The summed E-state index contributed by atoms with van der Waals surface area (Å²) in [4.78, 5) is 15.8. The van der Waals surface area contributed by atoms with Crippen molar-refractivity contribution in [1.29, 1.82) is 0 Å². The van der Waals surface area contributed by atoms with Crippen LogP contribution >= 0.6 is 23.2 Å². The highest BCUT2D eigenvalue weighted by molar-refractivity contribution is 6.34. The standard InChI is InChI=1S/C13H7Cl2FN4O2/c14-9-6-17-20-11(5-10(15)19-12(9)20)22-13(21)18-8-3-1-2-7(16)4-8/h1-6H,(H,18,21). The third kappa shape index (κ3) is 2.95. The normalized spacial score (nSPS) is 10.7. The number of aromatic nitrogens is 3. The number of amides is 1. The molecular formula is C13H7Cl2FN4O2. The van der Waals surface area contributed by atoms with E-state index >= 15 is 0 Å². The minimum absolute atomic E-state index is 0.0239. The number of ether oxygens (including phenoxy) is 1. The van der Waals surface area contributed by atoms with E-state index in [1.54, 1.807) is 0 Å². The Morgan fingerprint density at radius 3 is 2.91 bits per heavy atom. The van der Waals surface area contributed by atoms with E-state index in [2.05, 4.69) is 15.4 Å². The predicted octanol–water partition coefficient (Wildman–Crippen LogP) is 3.79. The van der Waals surface area contributed by atoms with Gasteiger partial charge >= 0.3 is 6.09 Å². The van der Waals surface area contributed by atoms with Gasteiger partial charge in [0.25, 0.3) is 0 Å². The van der Waals surface area contributed by atoms with E-state index in [-0.39, 0.29) is 27.4 Å². The van der Waals surface area contributed by atoms with Gasteiger partial charge in [-0.1, -0.05) is 29.3 Å². The Kier molecular flexibility index (Phi) is 3.82. The molecule has 2 heterocycles. The maximum atomic E-state index is 13.1. The molecule has 9 heteroatoms. The van der Waals surface area contributed by atoms with E-state index in [0.29, 0.717) is 0 Å². The Hall–Kier alpha value is -2.38. The highest BCUT2D eigenvalue weighted by Gasteiger charge is 2.14. The number of anilines is 1. The van der Waals surface area contributed by atoms with Crippen LogP contribution in [0.15, 0.2) is 36.5 Å². The maximum absolute atomic E-state index is 13.1. The van der Waals surface area contributed by atoms with Gasteiger partial charge in [0.1, 0.15) is 16.0 Å². The van der Waals surface area contributed by atoms with Gasteiger partial charge in [0.15, 0.2) is 5.65 Å². The van der Waals surface area contributed by atoms with Gasteiger partial charge in [0, 0.05) is 11.8 Å². The molecule has 0 bridgehead atoms. The van der Waals surface area contributed by atoms with Crippen LogP contribution in [0.5, 0.6) is 5.88 Å². The second-order valence-electron chi connectivity index (χ2n) is 4.17. The molecule has 0 saturated carbocycles. The summed E-state index contributed by atoms with van der Waals surface area (Å²) in [6.07, 6.45) is 0.512. The number of halogens is 3. The minimum Gasteiger partial charge on any atom is -0.391 e. The molecule has 6 nitrogen and oxygen atoms in total. The smallest absolute Gasteiger partial charge is 0.391 e. The number of fused-ring (bicyclic) bond motifs is 1. The number of carbonyl (C=O) groups excluding carboxylic acids is 1. The van der Waals surface area contributed by atoms with Crippen molar-refractivity contribution in [2.75, 3.05) is 5.32 Å². The maximum Gasteiger partial charge on any atom is 0.418 e. The summed E-state index contributed by atoms with van der Waals surface area (Å²) >= 11 is 11.7. The summed E-state index contributed by atoms with van der Waals surface area (Å²) in [5, 5.41) is 6.66. The Labute approximate surface area is 133 Å². The highest BCUT2D eigenvalue weighted by atomic mass is 35.5. The topological polar surface area (TPSA) is 68.5 Å². The van der Waals surface area contributed by atoms with Gasteiger partial charge in [-0.15, -0.1) is 0 Å². The van der Waals surface area contributed by atoms with Crippen molar-refractivity contribution in [3.63, 3.8) is 0 Å². The van der Waals surface area contributed by atoms with Gasteiger partial charge < -0.3 is 4.74 Å². The van der Waals surface area contributed by atoms with Crippen LogP contribution in [-0.4, -0.2) is 20.7 Å². The van der Waals surface area contributed by atoms with Gasteiger partial charge in [-0.3, -0.25) is 5.32 Å². The lowest BCUT2D eigenvalue weighted by molar-refractivity contribution is 0.212. The molecule has 0 fully saturated rings. The molecule has 0 radical (unpaired) electrons. The molecule has 22 heavy (non-hydrogen) atoms. The number of hydrogen-bond acceptors (Lipinski definition) is 4. The fourth-order valence-electron chi connectivity index (χ4n) is 1.76. The number of hydrogen-bond donors (Lipinski definition) is 1. The number of rotatable bonds is 2. The molecular weight excluding hydrogens is 334 g/mol. The third-order valence-electron chi connectivity index (χ3n) is 2.63. The van der Waals surface area contributed by atoms with Crippen LogP contribution in [0.3, 0.4) is 0 Å². The second kappa shape index (κ2) is 5.78. The summed E-state index contributed by atoms with van der Waals surface area (Å²) in [6.45, 7) is 0. The van der Waals surface area contributed by atoms with E-state index in [9.17, 15) is 9.18 Å². The largest absolute Gasteiger partial charge is 0.418 e. The van der Waals surface area contributed by atoms with E-state index in [1.807, 2.05) is 0 Å². The van der Waals surface area contributed by atoms with Crippen molar-refractivity contribution in [3.05, 3.63) is 52.5 Å². The van der Waals surface area contributed by atoms with Crippen molar-refractivity contribution in [1.82, 2.24) is 14.6 Å². The van der Waals surface area contributed by atoms with Crippen molar-refractivity contribution in [2.45, 2.75) is 0 Å². The van der Waals surface area contributed by atoms with Crippen LogP contribution < -0.4 is 10.1 Å². The zero-order chi connectivity index (χ0) is 15.7. The monoisotopic (exact) mass is 340 g/mol. The first kappa shape index (κ1) is 14.6. The van der Waals surface area contributed by atoms with Gasteiger partial charge in [-0.05, 0) is 18.2 Å². The zero-order valence-electron chi connectivity index (χ0n) is 10.8. The summed E-state index contributed by atoms with van der Waals surface area (Å²) < 4.78 is 19.4. The molecule has 3 rings (SSSR count). The molecule has 0 aliphatic carbocycles. The van der Waals surface area contributed by atoms with Crippen molar-refractivity contribution < 1.29 is 13.9 Å². The quantitative estimate of drug-likeness (QED) is 0.720. The second-order valence-corrected chi connectivity index (χ2v) is 4.96. The predicted molar refractivity (Wildman–Crippen MR) is 79.1 cm³/mol. The SMILES string of the molecule is O=C(Nc1cccc(F)c1)Oc1cc(Cl)nc2c(Cl)cnn12. The summed E-state index contributed by atoms with van der Waals surface area (Å²) in [5.41, 5.74) is 0.502. The molecule has 2 aromatic heterocycles. The lowest BCUT2D eigenvalue weighted by Crippen LogP contribution is -2.18. The van der Waals surface area contributed by atoms with Crippen molar-refractivity contribution in [3.8, 4) is 5.88 Å². The van der Waals surface area contributed by atoms with Gasteiger partial charge in [0.05, 0.1) is 6.20 Å². The van der Waals surface area contributed by atoms with Crippen LogP contribution in [0.2, 0.25) is 10.2 Å². The molecule has 1 aromatic carbocycles. The molecule has 112 valence electrons. The first-order chi connectivity index (χ1) is 10.5. The van der Waals surface area contributed by atoms with E-state index < -0.39 is 11.9 Å². The summed E-state index contributed by atoms with van der Waals surface area (Å²) in [5.74, 6) is -0.457. The van der Waals surface area contributed by atoms with Crippen LogP contribution in [-0.2, 0) is 0 Å². The fourth-order valence-corrected chi connectivity index (χ4v) is 2.10. The van der Waals surface area contributed by atoms with Crippen LogP contribution in [0.4, 0.5) is 14.9 Å². The van der Waals surface area contributed by atoms with E-state index in [4.69, 9.17) is 27.9 Å². The fraction of sp³-hybridized carbons (Fsp3) is 0. The van der Waals surface area contributed by atoms with Crippen LogP contribution in [0, 0.1) is 5.82 Å². The zero-order valence-corrected chi connectivity index (χ0v) is 12.3. The molecule has 3 aromatic rings. The van der Waals surface area contributed by atoms with Crippen molar-refractivity contribution in [2.24, 2.45) is 0 Å². The summed E-state index contributed by atoms with van der Waals surface area (Å²) in [7, 11) is 0. The molecule has 0 aliphatic rings. The number of carbonyl (C=O) groups is 1. The summed E-state index contributed by atoms with van der Waals surface area (Å²) in [6, 6.07) is 6.70. The third-order valence-corrected chi connectivity index (χ3v) is 3.09. The highest BCUT2D eigenvalue weighted by Crippen LogP contribution is 2.23. The first-order valence-corrected chi connectivity index (χ1v) is 6.73. The van der Waals surface area contributed by atoms with Crippen LogP contribution in [0.1, 0.15) is 0 Å². The average molecular weight is 341 g/mol. The lowest BCUT2D eigenvalue weighted by Gasteiger charge is -2.08. The van der Waals surface area contributed by atoms with Gasteiger partial charge in [-0.25, -0.2) is 14.2 Å². The molecule has 0 aliphatic heterocycles. The molecule has 0 atom stereocenters. The van der Waals surface area contributed by atoms with Gasteiger partial charge in [-0.2, -0.15) is 9.61 Å². The first-order valence-electron chi connectivity index (χ1n) is 5.97. The Balaban J connectivity index is 1.85.